The number of Topliss-reactive ketones (excluding diaryl/α,β-unsaturated/α-hetero) is 1. The summed E-state index contributed by atoms with van der Waals surface area (Å²) in [7, 11) is 0. The van der Waals surface area contributed by atoms with Crippen LogP contribution in [0, 0.1) is 5.92 Å². The molecular weight excluding hydrogens is 398 g/mol. The molecule has 0 N–H and O–H groups in total. The molecule has 1 aliphatic carbocycles. The van der Waals surface area contributed by atoms with Crippen LogP contribution in [0.5, 0.6) is 0 Å². The maximum atomic E-state index is 13.4. The maximum Gasteiger partial charge on any atom is 0.315 e. The van der Waals surface area contributed by atoms with Gasteiger partial charge >= 0.3 is 5.97 Å². The number of esters is 1. The molecule has 0 amide bonds. The van der Waals surface area contributed by atoms with E-state index in [9.17, 15) is 9.59 Å². The fraction of sp³-hybridized carbons (Fsp3) is 0.320. The zero-order chi connectivity index (χ0) is 21.3. The first-order chi connectivity index (χ1) is 14.5. The average Bonchev–Trinajstić information content (AvgIpc) is 2.74. The Morgan fingerprint density at radius 3 is 2.50 bits per heavy atom. The second-order valence-corrected chi connectivity index (χ2v) is 8.19. The van der Waals surface area contributed by atoms with Crippen molar-refractivity contribution < 1.29 is 14.3 Å². The van der Waals surface area contributed by atoms with Crippen molar-refractivity contribution in [3.05, 3.63) is 82.0 Å². The molecule has 2 aromatic carbocycles. The lowest BCUT2D eigenvalue weighted by molar-refractivity contribution is -0.146. The number of rotatable bonds is 4. The molecule has 2 aromatic rings. The lowest BCUT2D eigenvalue weighted by Gasteiger charge is -2.36. The molecule has 2 aliphatic rings. The van der Waals surface area contributed by atoms with E-state index in [1.165, 1.54) is 0 Å². The van der Waals surface area contributed by atoms with Crippen LogP contribution in [0.15, 0.2) is 70.9 Å². The van der Waals surface area contributed by atoms with E-state index in [1.807, 2.05) is 43.3 Å². The number of halogens is 1. The third-order valence-corrected chi connectivity index (χ3v) is 6.28. The molecular formula is C25H24ClNO3. The molecule has 1 aliphatic heterocycles. The Labute approximate surface area is 181 Å². The third kappa shape index (κ3) is 3.72. The standard InChI is InChI=1S/C25H24ClNO3/c1-3-30-25(29)22-15(2)27-20-13-17(16-9-5-4-6-10-16)14-21(28)24(20)23(22)18-11-7-8-12-19(18)26/h4-12,17,22-23H,3,13-14H2,1-2H3/t17-,22?,23-/m1/s1. The molecule has 0 fully saturated rings. The van der Waals surface area contributed by atoms with Crippen LogP contribution in [0.4, 0.5) is 0 Å². The smallest absolute Gasteiger partial charge is 0.315 e. The van der Waals surface area contributed by atoms with Crippen molar-refractivity contribution in [1.29, 1.82) is 0 Å². The van der Waals surface area contributed by atoms with Gasteiger partial charge in [-0.2, -0.15) is 0 Å². The lowest BCUT2D eigenvalue weighted by Crippen LogP contribution is -2.38. The van der Waals surface area contributed by atoms with Crippen molar-refractivity contribution in [2.45, 2.75) is 38.5 Å². The van der Waals surface area contributed by atoms with Gasteiger partial charge in [-0.25, -0.2) is 0 Å². The van der Waals surface area contributed by atoms with E-state index in [0.717, 1.165) is 16.8 Å². The molecule has 5 heteroatoms. The zero-order valence-electron chi connectivity index (χ0n) is 17.1. The molecule has 1 heterocycles. The molecule has 0 aromatic heterocycles. The summed E-state index contributed by atoms with van der Waals surface area (Å²) in [6.07, 6.45) is 1.06. The quantitative estimate of drug-likeness (QED) is 0.614. The number of nitrogens with zero attached hydrogens (tertiary/aromatic N) is 1. The van der Waals surface area contributed by atoms with Crippen LogP contribution < -0.4 is 0 Å². The summed E-state index contributed by atoms with van der Waals surface area (Å²) in [5.41, 5.74) is 3.94. The van der Waals surface area contributed by atoms with Gasteiger partial charge in [-0.05, 0) is 43.4 Å². The van der Waals surface area contributed by atoms with E-state index in [1.54, 1.807) is 13.0 Å². The molecule has 0 saturated heterocycles. The Balaban J connectivity index is 1.83. The summed E-state index contributed by atoms with van der Waals surface area (Å²) in [5.74, 6) is -1.39. The van der Waals surface area contributed by atoms with Crippen LogP contribution >= 0.6 is 11.6 Å². The lowest BCUT2D eigenvalue weighted by atomic mass is 9.69. The Morgan fingerprint density at radius 2 is 1.80 bits per heavy atom. The summed E-state index contributed by atoms with van der Waals surface area (Å²) in [5, 5.41) is 0.538. The van der Waals surface area contributed by atoms with Crippen LogP contribution in [0.2, 0.25) is 5.02 Å². The van der Waals surface area contributed by atoms with Crippen molar-refractivity contribution in [1.82, 2.24) is 0 Å². The van der Waals surface area contributed by atoms with Gasteiger partial charge in [-0.3, -0.25) is 14.6 Å². The van der Waals surface area contributed by atoms with Gasteiger partial charge in [-0.15, -0.1) is 0 Å². The molecule has 1 unspecified atom stereocenters. The number of carbonyl (C=O) groups is 2. The summed E-state index contributed by atoms with van der Waals surface area (Å²) in [6.45, 7) is 3.89. The number of carbonyl (C=O) groups excluding carboxylic acids is 2. The van der Waals surface area contributed by atoms with Crippen molar-refractivity contribution in [2.75, 3.05) is 6.61 Å². The van der Waals surface area contributed by atoms with Gasteiger partial charge < -0.3 is 4.74 Å². The molecule has 0 saturated carbocycles. The molecule has 4 rings (SSSR count). The van der Waals surface area contributed by atoms with Crippen molar-refractivity contribution >= 4 is 29.1 Å². The van der Waals surface area contributed by atoms with Crippen molar-refractivity contribution in [3.63, 3.8) is 0 Å². The first-order valence-corrected chi connectivity index (χ1v) is 10.7. The summed E-state index contributed by atoms with van der Waals surface area (Å²) in [4.78, 5) is 31.1. The van der Waals surface area contributed by atoms with Gasteiger partial charge in [0.25, 0.3) is 0 Å². The highest BCUT2D eigenvalue weighted by Gasteiger charge is 2.45. The Morgan fingerprint density at radius 1 is 1.10 bits per heavy atom. The van der Waals surface area contributed by atoms with E-state index < -0.39 is 11.8 Å². The van der Waals surface area contributed by atoms with Crippen LogP contribution in [-0.2, 0) is 14.3 Å². The highest BCUT2D eigenvalue weighted by atomic mass is 35.5. The van der Waals surface area contributed by atoms with Gasteiger partial charge in [0.1, 0.15) is 5.92 Å². The highest BCUT2D eigenvalue weighted by Crippen LogP contribution is 2.48. The van der Waals surface area contributed by atoms with Gasteiger partial charge in [0.15, 0.2) is 5.78 Å². The normalized spacial score (nSPS) is 23.6. The van der Waals surface area contributed by atoms with Crippen LogP contribution in [0.25, 0.3) is 0 Å². The molecule has 154 valence electrons. The second kappa shape index (κ2) is 8.57. The van der Waals surface area contributed by atoms with Crippen molar-refractivity contribution in [2.24, 2.45) is 10.9 Å². The topological polar surface area (TPSA) is 55.7 Å². The number of hydrogen-bond acceptors (Lipinski definition) is 4. The van der Waals surface area contributed by atoms with Crippen LogP contribution in [-0.4, -0.2) is 24.1 Å². The number of benzene rings is 2. The van der Waals surface area contributed by atoms with Crippen molar-refractivity contribution in [3.8, 4) is 0 Å². The number of allylic oxidation sites excluding steroid dienone is 2. The highest BCUT2D eigenvalue weighted by molar-refractivity contribution is 6.31. The third-order valence-electron chi connectivity index (χ3n) is 5.94. The Hall–Kier alpha value is -2.72. The minimum atomic E-state index is -0.652. The van der Waals surface area contributed by atoms with E-state index in [2.05, 4.69) is 12.1 Å². The number of hydrogen-bond donors (Lipinski definition) is 0. The first-order valence-electron chi connectivity index (χ1n) is 10.3. The number of ketones is 1. The fourth-order valence-electron chi connectivity index (χ4n) is 4.62. The summed E-state index contributed by atoms with van der Waals surface area (Å²) in [6, 6.07) is 17.5. The summed E-state index contributed by atoms with van der Waals surface area (Å²) < 4.78 is 5.35. The Kier molecular flexibility index (Phi) is 5.87. The van der Waals surface area contributed by atoms with Crippen LogP contribution in [0.3, 0.4) is 0 Å². The molecule has 3 atom stereocenters. The summed E-state index contributed by atoms with van der Waals surface area (Å²) >= 11 is 6.53. The van der Waals surface area contributed by atoms with E-state index in [-0.39, 0.29) is 24.3 Å². The minimum Gasteiger partial charge on any atom is -0.465 e. The predicted molar refractivity (Wildman–Crippen MR) is 118 cm³/mol. The SMILES string of the molecule is CCOC(=O)C1C(C)=NC2=C(C(=O)C[C@H](c3ccccc3)C2)[C@@H]1c1ccccc1Cl. The van der Waals surface area contributed by atoms with E-state index in [4.69, 9.17) is 21.3 Å². The van der Waals surface area contributed by atoms with Gasteiger partial charge in [-0.1, -0.05) is 60.1 Å². The molecule has 0 spiro atoms. The van der Waals surface area contributed by atoms with E-state index in [0.29, 0.717) is 29.1 Å². The van der Waals surface area contributed by atoms with Gasteiger partial charge in [0.05, 0.1) is 6.61 Å². The fourth-order valence-corrected chi connectivity index (χ4v) is 4.87. The zero-order valence-corrected chi connectivity index (χ0v) is 17.9. The number of aliphatic imine (C=N–C) groups is 1. The molecule has 4 nitrogen and oxygen atoms in total. The predicted octanol–water partition coefficient (Wildman–Crippen LogP) is 5.48. The average molecular weight is 422 g/mol. The monoisotopic (exact) mass is 421 g/mol. The van der Waals surface area contributed by atoms with E-state index >= 15 is 0 Å². The Bertz CT molecular complexity index is 1040. The molecule has 0 radical (unpaired) electrons. The van der Waals surface area contributed by atoms with Gasteiger partial charge in [0.2, 0.25) is 0 Å². The molecule has 0 bridgehead atoms. The molecule has 30 heavy (non-hydrogen) atoms. The largest absolute Gasteiger partial charge is 0.465 e. The maximum absolute atomic E-state index is 13.4. The second-order valence-electron chi connectivity index (χ2n) is 7.78. The minimum absolute atomic E-state index is 0.0283. The van der Waals surface area contributed by atoms with Crippen LogP contribution in [0.1, 0.15) is 49.7 Å². The first kappa shape index (κ1) is 20.5. The van der Waals surface area contributed by atoms with Gasteiger partial charge in [0, 0.05) is 34.3 Å². The number of ether oxygens (including phenoxy) is 1.